The second-order valence-electron chi connectivity index (χ2n) is 7.06. The fourth-order valence-electron chi connectivity index (χ4n) is 3.83. The molecule has 1 fully saturated rings. The van der Waals surface area contributed by atoms with Crippen LogP contribution < -0.4 is 0 Å². The van der Waals surface area contributed by atoms with Crippen molar-refractivity contribution in [2.24, 2.45) is 0 Å². The van der Waals surface area contributed by atoms with Gasteiger partial charge in [-0.25, -0.2) is 4.39 Å². The summed E-state index contributed by atoms with van der Waals surface area (Å²) in [6, 6.07) is 9.47. The third-order valence-corrected chi connectivity index (χ3v) is 6.26. The van der Waals surface area contributed by atoms with Crippen LogP contribution in [-0.2, 0) is 6.54 Å². The van der Waals surface area contributed by atoms with Gasteiger partial charge in [0, 0.05) is 43.2 Å². The molecule has 146 valence electrons. The number of carbonyl (C=O) groups is 2. The maximum absolute atomic E-state index is 13.1. The number of hydrogen-bond donors (Lipinski definition) is 0. The van der Waals surface area contributed by atoms with Gasteiger partial charge in [-0.2, -0.15) is 0 Å². The Morgan fingerprint density at radius 3 is 2.57 bits per heavy atom. The average Bonchev–Trinajstić information content (AvgIpc) is 3.28. The molecular weight excluding hydrogens is 377 g/mol. The molecule has 0 spiro atoms. The number of piperazine rings is 1. The summed E-state index contributed by atoms with van der Waals surface area (Å²) in [7, 11) is 0. The summed E-state index contributed by atoms with van der Waals surface area (Å²) in [5.41, 5.74) is 1.17. The van der Waals surface area contributed by atoms with E-state index in [9.17, 15) is 14.0 Å². The van der Waals surface area contributed by atoms with E-state index in [1.165, 1.54) is 24.3 Å². The quantitative estimate of drug-likeness (QED) is 0.672. The molecule has 2 aromatic heterocycles. The van der Waals surface area contributed by atoms with E-state index in [4.69, 9.17) is 0 Å². The van der Waals surface area contributed by atoms with Gasteiger partial charge in [-0.3, -0.25) is 9.59 Å². The van der Waals surface area contributed by atoms with E-state index in [-0.39, 0.29) is 23.7 Å². The number of aromatic nitrogens is 1. The summed E-state index contributed by atoms with van der Waals surface area (Å²) in [4.78, 5) is 30.6. The second kappa shape index (κ2) is 7.39. The molecule has 1 atom stereocenters. The van der Waals surface area contributed by atoms with E-state index in [1.807, 2.05) is 36.3 Å². The normalized spacial score (nSPS) is 17.3. The second-order valence-corrected chi connectivity index (χ2v) is 7.96. The number of rotatable bonds is 3. The highest BCUT2D eigenvalue weighted by Crippen LogP contribution is 2.27. The minimum atomic E-state index is -0.362. The molecule has 0 radical (unpaired) electrons. The highest BCUT2D eigenvalue weighted by atomic mass is 32.1. The number of halogens is 1. The van der Waals surface area contributed by atoms with Crippen LogP contribution in [0.2, 0.25) is 0 Å². The van der Waals surface area contributed by atoms with Gasteiger partial charge in [0.25, 0.3) is 11.8 Å². The van der Waals surface area contributed by atoms with Crippen LogP contribution in [0.25, 0.3) is 10.2 Å². The number of benzene rings is 1. The number of amides is 2. The highest BCUT2D eigenvalue weighted by Gasteiger charge is 2.32. The Morgan fingerprint density at radius 2 is 1.89 bits per heavy atom. The van der Waals surface area contributed by atoms with Crippen molar-refractivity contribution in [3.63, 3.8) is 0 Å². The molecule has 4 rings (SSSR count). The van der Waals surface area contributed by atoms with Crippen molar-refractivity contribution in [3.8, 4) is 0 Å². The minimum absolute atomic E-state index is 0.00554. The van der Waals surface area contributed by atoms with Crippen LogP contribution in [0.15, 0.2) is 41.8 Å². The Labute approximate surface area is 167 Å². The molecule has 3 heterocycles. The molecule has 1 aromatic carbocycles. The Balaban J connectivity index is 1.50. The predicted molar refractivity (Wildman–Crippen MR) is 108 cm³/mol. The molecule has 5 nitrogen and oxygen atoms in total. The van der Waals surface area contributed by atoms with Crippen molar-refractivity contribution in [3.05, 3.63) is 58.9 Å². The lowest BCUT2D eigenvalue weighted by Gasteiger charge is -2.40. The number of hydrogen-bond acceptors (Lipinski definition) is 3. The lowest BCUT2D eigenvalue weighted by atomic mass is 10.1. The zero-order valence-electron chi connectivity index (χ0n) is 15.9. The standard InChI is InChI=1S/C21H22FN3O2S/c1-3-24-18(12-16-8-11-28-21(16)24)20(27)23-9-10-25(14(2)13-23)19(26)15-4-6-17(22)7-5-15/h4-8,11-12,14H,3,9-10,13H2,1-2H3/t14-/m0/s1. The van der Waals surface area contributed by atoms with E-state index in [1.54, 1.807) is 16.2 Å². The molecule has 7 heteroatoms. The van der Waals surface area contributed by atoms with E-state index in [2.05, 4.69) is 4.57 Å². The summed E-state index contributed by atoms with van der Waals surface area (Å²) >= 11 is 1.64. The van der Waals surface area contributed by atoms with Gasteiger partial charge in [0.15, 0.2) is 0 Å². The minimum Gasteiger partial charge on any atom is -0.334 e. The largest absolute Gasteiger partial charge is 0.334 e. The fourth-order valence-corrected chi connectivity index (χ4v) is 4.79. The van der Waals surface area contributed by atoms with Gasteiger partial charge >= 0.3 is 0 Å². The van der Waals surface area contributed by atoms with Crippen molar-refractivity contribution in [2.45, 2.75) is 26.4 Å². The molecule has 1 aliphatic heterocycles. The summed E-state index contributed by atoms with van der Waals surface area (Å²) < 4.78 is 15.2. The number of aryl methyl sites for hydroxylation is 1. The Bertz CT molecular complexity index is 1020. The summed E-state index contributed by atoms with van der Waals surface area (Å²) in [5, 5.41) is 3.13. The number of carbonyl (C=O) groups excluding carboxylic acids is 2. The predicted octanol–water partition coefficient (Wildman–Crippen LogP) is 3.85. The lowest BCUT2D eigenvalue weighted by molar-refractivity contribution is 0.0409. The van der Waals surface area contributed by atoms with Crippen LogP contribution in [0.5, 0.6) is 0 Å². The zero-order valence-corrected chi connectivity index (χ0v) is 16.7. The molecule has 2 amide bonds. The average molecular weight is 399 g/mol. The maximum atomic E-state index is 13.1. The number of fused-ring (bicyclic) bond motifs is 1. The van der Waals surface area contributed by atoms with Crippen LogP contribution in [0.4, 0.5) is 4.39 Å². The van der Waals surface area contributed by atoms with E-state index < -0.39 is 0 Å². The summed E-state index contributed by atoms with van der Waals surface area (Å²) in [6.45, 7) is 6.15. The Kier molecular flexibility index (Phi) is 4.93. The lowest BCUT2D eigenvalue weighted by Crippen LogP contribution is -2.55. The Morgan fingerprint density at radius 1 is 1.14 bits per heavy atom. The molecule has 0 saturated carbocycles. The highest BCUT2D eigenvalue weighted by molar-refractivity contribution is 7.16. The molecule has 1 aliphatic rings. The smallest absolute Gasteiger partial charge is 0.270 e. The van der Waals surface area contributed by atoms with E-state index in [0.717, 1.165) is 16.8 Å². The SMILES string of the molecule is CCn1c(C(=O)N2CCN(C(=O)c3ccc(F)cc3)[C@@H](C)C2)cc2ccsc21. The van der Waals surface area contributed by atoms with Crippen LogP contribution in [-0.4, -0.2) is 51.9 Å². The number of nitrogens with zero attached hydrogens (tertiary/aromatic N) is 3. The molecular formula is C21H22FN3O2S. The van der Waals surface area contributed by atoms with E-state index in [0.29, 0.717) is 30.9 Å². The molecule has 1 saturated heterocycles. The summed E-state index contributed by atoms with van der Waals surface area (Å²) in [6.07, 6.45) is 0. The molecule has 0 unspecified atom stereocenters. The molecule has 0 bridgehead atoms. The van der Waals surface area contributed by atoms with Gasteiger partial charge in [-0.05, 0) is 55.6 Å². The maximum Gasteiger partial charge on any atom is 0.270 e. The third-order valence-electron chi connectivity index (χ3n) is 5.30. The monoisotopic (exact) mass is 399 g/mol. The van der Waals surface area contributed by atoms with Crippen LogP contribution in [0, 0.1) is 5.82 Å². The van der Waals surface area contributed by atoms with Gasteiger partial charge < -0.3 is 14.4 Å². The molecule has 0 N–H and O–H groups in total. The van der Waals surface area contributed by atoms with Gasteiger partial charge in [0.2, 0.25) is 0 Å². The van der Waals surface area contributed by atoms with Crippen molar-refractivity contribution < 1.29 is 14.0 Å². The first-order valence-electron chi connectivity index (χ1n) is 9.42. The van der Waals surface area contributed by atoms with Gasteiger partial charge in [0.05, 0.1) is 0 Å². The first kappa shape index (κ1) is 18.7. The Hall–Kier alpha value is -2.67. The van der Waals surface area contributed by atoms with Gasteiger partial charge in [-0.1, -0.05) is 0 Å². The van der Waals surface area contributed by atoms with Crippen molar-refractivity contribution in [1.29, 1.82) is 0 Å². The molecule has 28 heavy (non-hydrogen) atoms. The van der Waals surface area contributed by atoms with Crippen LogP contribution >= 0.6 is 11.3 Å². The topological polar surface area (TPSA) is 45.6 Å². The van der Waals surface area contributed by atoms with Crippen molar-refractivity contribution in [1.82, 2.24) is 14.4 Å². The third kappa shape index (κ3) is 3.20. The van der Waals surface area contributed by atoms with Gasteiger partial charge in [0.1, 0.15) is 16.3 Å². The fraction of sp³-hybridized carbons (Fsp3) is 0.333. The van der Waals surface area contributed by atoms with E-state index >= 15 is 0 Å². The van der Waals surface area contributed by atoms with Crippen molar-refractivity contribution >= 4 is 33.4 Å². The summed E-state index contributed by atoms with van der Waals surface area (Å²) in [5.74, 6) is -0.484. The van der Waals surface area contributed by atoms with Crippen LogP contribution in [0.1, 0.15) is 34.7 Å². The molecule has 3 aromatic rings. The number of thiophene rings is 1. The van der Waals surface area contributed by atoms with Crippen molar-refractivity contribution in [2.75, 3.05) is 19.6 Å². The first-order chi connectivity index (χ1) is 13.5. The first-order valence-corrected chi connectivity index (χ1v) is 10.3. The molecule has 0 aliphatic carbocycles. The van der Waals surface area contributed by atoms with Gasteiger partial charge in [-0.15, -0.1) is 11.3 Å². The van der Waals surface area contributed by atoms with Crippen LogP contribution in [0.3, 0.4) is 0 Å². The zero-order chi connectivity index (χ0) is 19.8.